The fourth-order valence-corrected chi connectivity index (χ4v) is 0.802. The van der Waals surface area contributed by atoms with Gasteiger partial charge in [0.25, 0.3) is 0 Å². The number of nitrogens with one attached hydrogen (secondary N) is 1. The summed E-state index contributed by atoms with van der Waals surface area (Å²) in [5.74, 6) is 0. The van der Waals surface area contributed by atoms with E-state index >= 15 is 0 Å². The van der Waals surface area contributed by atoms with Crippen LogP contribution in [0.1, 0.15) is 27.7 Å². The number of hydrogen-bond donors (Lipinski definition) is 1. The normalized spacial score (nSPS) is 11.6. The molecule has 0 aromatic rings. The summed E-state index contributed by atoms with van der Waals surface area (Å²) in [6.07, 6.45) is 1.75. The lowest BCUT2D eigenvalue weighted by molar-refractivity contribution is -0.195. The van der Waals surface area contributed by atoms with E-state index in [1.165, 1.54) is 0 Å². The lowest BCUT2D eigenvalue weighted by Gasteiger charge is -2.23. The van der Waals surface area contributed by atoms with Crippen LogP contribution in [0.5, 0.6) is 0 Å². The molecule has 13 heavy (non-hydrogen) atoms. The molecular formula is C10H21NO2. The molecule has 0 saturated heterocycles. The molecule has 1 N–H and O–H groups in total. The van der Waals surface area contributed by atoms with Gasteiger partial charge in [-0.3, -0.25) is 5.32 Å². The first kappa shape index (κ1) is 12.6. The number of ether oxygens (including phenoxy) is 2. The number of rotatable bonds is 7. The molecule has 0 bridgehead atoms. The Labute approximate surface area is 81.1 Å². The molecule has 0 amide bonds. The molecule has 0 unspecified atom stereocenters. The predicted octanol–water partition coefficient (Wildman–Crippen LogP) is 1.90. The molecule has 0 radical (unpaired) electrons. The molecule has 0 rings (SSSR count). The summed E-state index contributed by atoms with van der Waals surface area (Å²) >= 11 is 0. The highest BCUT2D eigenvalue weighted by molar-refractivity contribution is 4.69. The molecule has 0 aliphatic rings. The molecule has 0 heterocycles. The van der Waals surface area contributed by atoms with Crippen molar-refractivity contribution in [1.82, 2.24) is 5.32 Å². The van der Waals surface area contributed by atoms with Crippen molar-refractivity contribution < 1.29 is 9.47 Å². The zero-order valence-corrected chi connectivity index (χ0v) is 9.04. The SMILES string of the molecule is C=CCNC(OC(C)C)OC(C)C. The van der Waals surface area contributed by atoms with Gasteiger partial charge in [-0.25, -0.2) is 0 Å². The maximum Gasteiger partial charge on any atom is 0.216 e. The molecule has 0 aliphatic heterocycles. The summed E-state index contributed by atoms with van der Waals surface area (Å²) in [6, 6.07) is 0. The highest BCUT2D eigenvalue weighted by Crippen LogP contribution is 2.00. The Morgan fingerprint density at radius 2 is 1.62 bits per heavy atom. The fourth-order valence-electron chi connectivity index (χ4n) is 0.802. The minimum absolute atomic E-state index is 0.154. The summed E-state index contributed by atoms with van der Waals surface area (Å²) in [6.45, 7) is 12.2. The van der Waals surface area contributed by atoms with Gasteiger partial charge in [0.15, 0.2) is 0 Å². The summed E-state index contributed by atoms with van der Waals surface area (Å²) < 4.78 is 11.0. The van der Waals surface area contributed by atoms with Gasteiger partial charge >= 0.3 is 0 Å². The van der Waals surface area contributed by atoms with Gasteiger partial charge in [0, 0.05) is 6.54 Å². The van der Waals surface area contributed by atoms with Gasteiger partial charge in [0.2, 0.25) is 6.41 Å². The zero-order chi connectivity index (χ0) is 10.3. The molecule has 3 heteroatoms. The summed E-state index contributed by atoms with van der Waals surface area (Å²) in [5, 5.41) is 3.07. The first-order valence-electron chi connectivity index (χ1n) is 4.71. The average molecular weight is 187 g/mol. The van der Waals surface area contributed by atoms with Gasteiger partial charge in [-0.15, -0.1) is 6.58 Å². The molecule has 0 aromatic carbocycles. The maximum absolute atomic E-state index is 5.48. The van der Waals surface area contributed by atoms with Gasteiger partial charge in [-0.1, -0.05) is 6.08 Å². The standard InChI is InChI=1S/C10H21NO2/c1-6-7-11-10(12-8(2)3)13-9(4)5/h6,8-11H,1,7H2,2-5H3. The van der Waals surface area contributed by atoms with Gasteiger partial charge in [0.05, 0.1) is 12.2 Å². The largest absolute Gasteiger partial charge is 0.337 e. The Morgan fingerprint density at radius 3 is 1.92 bits per heavy atom. The summed E-state index contributed by atoms with van der Waals surface area (Å²) in [7, 11) is 0. The van der Waals surface area contributed by atoms with Crippen LogP contribution >= 0.6 is 0 Å². The quantitative estimate of drug-likeness (QED) is 0.488. The highest BCUT2D eigenvalue weighted by Gasteiger charge is 2.11. The molecule has 78 valence electrons. The Morgan fingerprint density at radius 1 is 1.15 bits per heavy atom. The second-order valence-electron chi connectivity index (χ2n) is 3.40. The van der Waals surface area contributed by atoms with E-state index < -0.39 is 0 Å². The Bertz CT molecular complexity index is 125. The molecule has 0 fully saturated rings. The summed E-state index contributed by atoms with van der Waals surface area (Å²) in [5.41, 5.74) is 0. The second-order valence-corrected chi connectivity index (χ2v) is 3.40. The molecular weight excluding hydrogens is 166 g/mol. The van der Waals surface area contributed by atoms with Crippen LogP contribution in [0.4, 0.5) is 0 Å². The van der Waals surface area contributed by atoms with Crippen LogP contribution < -0.4 is 5.32 Å². The van der Waals surface area contributed by atoms with Gasteiger partial charge in [0.1, 0.15) is 0 Å². The predicted molar refractivity (Wildman–Crippen MR) is 54.4 cm³/mol. The van der Waals surface area contributed by atoms with Crippen LogP contribution in [0, 0.1) is 0 Å². The van der Waals surface area contributed by atoms with E-state index in [0.29, 0.717) is 6.54 Å². The molecule has 3 nitrogen and oxygen atoms in total. The van der Waals surface area contributed by atoms with E-state index in [1.54, 1.807) is 6.08 Å². The minimum Gasteiger partial charge on any atom is -0.337 e. The molecule has 0 spiro atoms. The second kappa shape index (κ2) is 7.06. The van der Waals surface area contributed by atoms with Crippen LogP contribution in [0.25, 0.3) is 0 Å². The molecule has 0 atom stereocenters. The van der Waals surface area contributed by atoms with E-state index in [4.69, 9.17) is 9.47 Å². The van der Waals surface area contributed by atoms with Crippen LogP contribution in [-0.4, -0.2) is 25.2 Å². The smallest absolute Gasteiger partial charge is 0.216 e. The first-order chi connectivity index (χ1) is 6.06. The molecule has 0 saturated carbocycles. The molecule has 0 aliphatic carbocycles. The Kier molecular flexibility index (Phi) is 6.86. The Balaban J connectivity index is 3.79. The fraction of sp³-hybridized carbons (Fsp3) is 0.800. The molecule has 0 aromatic heterocycles. The first-order valence-corrected chi connectivity index (χ1v) is 4.71. The third-order valence-corrected chi connectivity index (χ3v) is 1.22. The minimum atomic E-state index is -0.335. The third-order valence-electron chi connectivity index (χ3n) is 1.22. The van der Waals surface area contributed by atoms with Crippen molar-refractivity contribution in [3.05, 3.63) is 12.7 Å². The Hall–Kier alpha value is -0.380. The van der Waals surface area contributed by atoms with Crippen molar-refractivity contribution in [3.8, 4) is 0 Å². The van der Waals surface area contributed by atoms with Gasteiger partial charge < -0.3 is 9.47 Å². The van der Waals surface area contributed by atoms with Crippen LogP contribution in [0.2, 0.25) is 0 Å². The van der Waals surface area contributed by atoms with Crippen LogP contribution in [-0.2, 0) is 9.47 Å². The van der Waals surface area contributed by atoms with Crippen LogP contribution in [0.3, 0.4) is 0 Å². The van der Waals surface area contributed by atoms with Crippen LogP contribution in [0.15, 0.2) is 12.7 Å². The number of hydrogen-bond acceptors (Lipinski definition) is 3. The lowest BCUT2D eigenvalue weighted by Crippen LogP contribution is -2.38. The average Bonchev–Trinajstić information content (AvgIpc) is 1.98. The highest BCUT2D eigenvalue weighted by atomic mass is 16.7. The topological polar surface area (TPSA) is 30.5 Å². The van der Waals surface area contributed by atoms with E-state index in [2.05, 4.69) is 11.9 Å². The van der Waals surface area contributed by atoms with E-state index in [1.807, 2.05) is 27.7 Å². The van der Waals surface area contributed by atoms with E-state index in [9.17, 15) is 0 Å². The van der Waals surface area contributed by atoms with Gasteiger partial charge in [-0.05, 0) is 27.7 Å². The monoisotopic (exact) mass is 187 g/mol. The third kappa shape index (κ3) is 7.96. The van der Waals surface area contributed by atoms with E-state index in [0.717, 1.165) is 0 Å². The summed E-state index contributed by atoms with van der Waals surface area (Å²) in [4.78, 5) is 0. The van der Waals surface area contributed by atoms with Gasteiger partial charge in [-0.2, -0.15) is 0 Å². The van der Waals surface area contributed by atoms with E-state index in [-0.39, 0.29) is 18.6 Å². The van der Waals surface area contributed by atoms with Crippen molar-refractivity contribution in [2.45, 2.75) is 46.3 Å². The maximum atomic E-state index is 5.48. The van der Waals surface area contributed by atoms with Crippen molar-refractivity contribution >= 4 is 0 Å². The van der Waals surface area contributed by atoms with Crippen molar-refractivity contribution in [1.29, 1.82) is 0 Å². The van der Waals surface area contributed by atoms with Crippen molar-refractivity contribution in [2.24, 2.45) is 0 Å². The van der Waals surface area contributed by atoms with Crippen molar-refractivity contribution in [3.63, 3.8) is 0 Å². The van der Waals surface area contributed by atoms with Crippen molar-refractivity contribution in [2.75, 3.05) is 6.54 Å². The lowest BCUT2D eigenvalue weighted by atomic mass is 10.5. The zero-order valence-electron chi connectivity index (χ0n) is 9.04.